The van der Waals surface area contributed by atoms with Crippen molar-refractivity contribution >= 4 is 5.97 Å². The summed E-state index contributed by atoms with van der Waals surface area (Å²) in [5, 5.41) is 32.5. The van der Waals surface area contributed by atoms with E-state index in [2.05, 4.69) is 0 Å². The van der Waals surface area contributed by atoms with E-state index in [1.807, 2.05) is 60.7 Å². The van der Waals surface area contributed by atoms with Gasteiger partial charge in [-0.25, -0.2) is 0 Å². The van der Waals surface area contributed by atoms with Crippen molar-refractivity contribution in [2.75, 3.05) is 0 Å². The number of esters is 1. The molecule has 3 rings (SSSR count). The van der Waals surface area contributed by atoms with Crippen LogP contribution in [0.4, 0.5) is 0 Å². The third-order valence-corrected chi connectivity index (χ3v) is 5.45. The Morgan fingerprint density at radius 2 is 1.16 bits per heavy atom. The smallest absolute Gasteiger partial charge is 0.311 e. The average Bonchev–Trinajstić information content (AvgIpc) is 2.77. The molecule has 1 aliphatic rings. The van der Waals surface area contributed by atoms with Crippen LogP contribution in [0.5, 0.6) is 0 Å². The SMILES string of the molecule is CC(C)(C)C(=O)O[C@H]1[C@@H](O)[C@@H](O)[C@H](OCc2ccccc2)[C@@H](O)[C@@H]1OCc1ccccc1. The molecule has 1 saturated carbocycles. The van der Waals surface area contributed by atoms with E-state index in [0.717, 1.165) is 11.1 Å². The first-order valence-corrected chi connectivity index (χ1v) is 10.7. The molecule has 174 valence electrons. The highest BCUT2D eigenvalue weighted by atomic mass is 16.6. The van der Waals surface area contributed by atoms with Gasteiger partial charge in [-0.3, -0.25) is 4.79 Å². The molecule has 7 nitrogen and oxygen atoms in total. The number of rotatable bonds is 7. The molecule has 1 fully saturated rings. The van der Waals surface area contributed by atoms with Gasteiger partial charge < -0.3 is 29.5 Å². The highest BCUT2D eigenvalue weighted by Gasteiger charge is 2.53. The van der Waals surface area contributed by atoms with Crippen molar-refractivity contribution in [3.05, 3.63) is 71.8 Å². The lowest BCUT2D eigenvalue weighted by molar-refractivity contribution is -0.258. The van der Waals surface area contributed by atoms with Gasteiger partial charge in [-0.1, -0.05) is 60.7 Å². The minimum atomic E-state index is -1.49. The second-order valence-electron chi connectivity index (χ2n) is 9.11. The van der Waals surface area contributed by atoms with Crippen LogP contribution in [0.1, 0.15) is 31.9 Å². The lowest BCUT2D eigenvalue weighted by Gasteiger charge is -2.45. The fourth-order valence-corrected chi connectivity index (χ4v) is 3.53. The number of carbonyl (C=O) groups excluding carboxylic acids is 1. The fourth-order valence-electron chi connectivity index (χ4n) is 3.53. The van der Waals surface area contributed by atoms with Crippen LogP contribution in [-0.2, 0) is 32.2 Å². The van der Waals surface area contributed by atoms with Crippen molar-refractivity contribution in [1.82, 2.24) is 0 Å². The van der Waals surface area contributed by atoms with Gasteiger partial charge in [0.15, 0.2) is 6.10 Å². The first-order valence-electron chi connectivity index (χ1n) is 10.7. The van der Waals surface area contributed by atoms with E-state index in [1.54, 1.807) is 20.8 Å². The highest BCUT2D eigenvalue weighted by Crippen LogP contribution is 2.31. The standard InChI is InChI=1S/C25H32O7/c1-25(2,3)24(29)32-23-19(27)18(26)21(30-14-16-10-6-4-7-11-16)20(28)22(23)31-15-17-12-8-5-9-13-17/h4-13,18-23,26-28H,14-15H2,1-3H3/t18-,19+,20-,21+,22+,23+/m1/s1. The van der Waals surface area contributed by atoms with Crippen LogP contribution in [0.25, 0.3) is 0 Å². The van der Waals surface area contributed by atoms with Gasteiger partial charge in [-0.15, -0.1) is 0 Å². The molecule has 0 unspecified atom stereocenters. The zero-order chi connectivity index (χ0) is 23.3. The highest BCUT2D eigenvalue weighted by molar-refractivity contribution is 5.75. The van der Waals surface area contributed by atoms with Crippen LogP contribution in [0.15, 0.2) is 60.7 Å². The lowest BCUT2D eigenvalue weighted by Crippen LogP contribution is -2.66. The minimum Gasteiger partial charge on any atom is -0.456 e. The van der Waals surface area contributed by atoms with Crippen LogP contribution >= 0.6 is 0 Å². The molecule has 7 heteroatoms. The first-order chi connectivity index (χ1) is 15.2. The van der Waals surface area contributed by atoms with Gasteiger partial charge in [-0.2, -0.15) is 0 Å². The Labute approximate surface area is 188 Å². The van der Waals surface area contributed by atoms with E-state index >= 15 is 0 Å². The first kappa shape index (κ1) is 24.4. The maximum Gasteiger partial charge on any atom is 0.311 e. The predicted molar refractivity (Wildman–Crippen MR) is 117 cm³/mol. The van der Waals surface area contributed by atoms with Gasteiger partial charge in [0, 0.05) is 0 Å². The third-order valence-electron chi connectivity index (χ3n) is 5.45. The Morgan fingerprint density at radius 3 is 1.62 bits per heavy atom. The van der Waals surface area contributed by atoms with Crippen LogP contribution in [0, 0.1) is 5.41 Å². The van der Waals surface area contributed by atoms with Crippen LogP contribution < -0.4 is 0 Å². The number of hydrogen-bond acceptors (Lipinski definition) is 7. The Hall–Kier alpha value is -2.29. The Kier molecular flexibility index (Phi) is 8.03. The molecular formula is C25H32O7. The molecule has 6 atom stereocenters. The fraction of sp³-hybridized carbons (Fsp3) is 0.480. The lowest BCUT2D eigenvalue weighted by atomic mass is 9.84. The number of ether oxygens (including phenoxy) is 3. The molecule has 3 N–H and O–H groups in total. The molecule has 0 heterocycles. The topological polar surface area (TPSA) is 105 Å². The molecule has 0 bridgehead atoms. The van der Waals surface area contributed by atoms with E-state index in [1.165, 1.54) is 0 Å². The molecule has 0 aliphatic heterocycles. The molecule has 0 radical (unpaired) electrons. The van der Waals surface area contributed by atoms with E-state index in [0.29, 0.717) is 0 Å². The normalized spacial score (nSPS) is 28.3. The summed E-state index contributed by atoms with van der Waals surface area (Å²) in [4.78, 5) is 12.5. The van der Waals surface area contributed by atoms with Gasteiger partial charge in [0.1, 0.15) is 30.5 Å². The Morgan fingerprint density at radius 1 is 0.719 bits per heavy atom. The summed E-state index contributed by atoms with van der Waals surface area (Å²) in [6.45, 7) is 5.31. The molecule has 0 aromatic heterocycles. The molecule has 0 spiro atoms. The molecule has 32 heavy (non-hydrogen) atoms. The second-order valence-corrected chi connectivity index (χ2v) is 9.11. The summed E-state index contributed by atoms with van der Waals surface area (Å²) in [5.41, 5.74) is 0.868. The van der Waals surface area contributed by atoms with Crippen molar-refractivity contribution in [3.63, 3.8) is 0 Å². The molecule has 0 amide bonds. The largest absolute Gasteiger partial charge is 0.456 e. The summed E-state index contributed by atoms with van der Waals surface area (Å²) in [5.74, 6) is -0.571. The maximum atomic E-state index is 12.5. The average molecular weight is 445 g/mol. The van der Waals surface area contributed by atoms with Crippen LogP contribution in [0.2, 0.25) is 0 Å². The summed E-state index contributed by atoms with van der Waals surface area (Å²) in [6.07, 6.45) is -7.78. The number of aliphatic hydroxyl groups is 3. The Balaban J connectivity index is 1.79. The summed E-state index contributed by atoms with van der Waals surface area (Å²) in [6, 6.07) is 18.6. The van der Waals surface area contributed by atoms with Crippen molar-refractivity contribution in [3.8, 4) is 0 Å². The van der Waals surface area contributed by atoms with Crippen molar-refractivity contribution in [2.45, 2.75) is 70.6 Å². The number of carbonyl (C=O) groups is 1. The molecule has 2 aromatic carbocycles. The van der Waals surface area contributed by atoms with Crippen LogP contribution in [-0.4, -0.2) is 57.9 Å². The van der Waals surface area contributed by atoms with Gasteiger partial charge in [0.25, 0.3) is 0 Å². The maximum absolute atomic E-state index is 12.5. The zero-order valence-corrected chi connectivity index (χ0v) is 18.6. The van der Waals surface area contributed by atoms with Gasteiger partial charge in [0.2, 0.25) is 0 Å². The van der Waals surface area contributed by atoms with Crippen molar-refractivity contribution in [2.24, 2.45) is 5.41 Å². The monoisotopic (exact) mass is 444 g/mol. The van der Waals surface area contributed by atoms with Crippen LogP contribution in [0.3, 0.4) is 0 Å². The Bertz CT molecular complexity index is 850. The number of aliphatic hydroxyl groups excluding tert-OH is 3. The summed E-state index contributed by atoms with van der Waals surface area (Å²) in [7, 11) is 0. The zero-order valence-electron chi connectivity index (χ0n) is 18.6. The van der Waals surface area contributed by atoms with E-state index in [-0.39, 0.29) is 13.2 Å². The molecule has 1 aliphatic carbocycles. The minimum absolute atomic E-state index is 0.125. The predicted octanol–water partition coefficient (Wildman–Crippen LogP) is 2.21. The van der Waals surface area contributed by atoms with E-state index < -0.39 is 48.0 Å². The van der Waals surface area contributed by atoms with Crippen molar-refractivity contribution in [1.29, 1.82) is 0 Å². The van der Waals surface area contributed by atoms with Gasteiger partial charge in [0.05, 0.1) is 18.6 Å². The van der Waals surface area contributed by atoms with E-state index in [4.69, 9.17) is 14.2 Å². The van der Waals surface area contributed by atoms with Gasteiger partial charge >= 0.3 is 5.97 Å². The quantitative estimate of drug-likeness (QED) is 0.563. The molecule has 2 aromatic rings. The van der Waals surface area contributed by atoms with Gasteiger partial charge in [-0.05, 0) is 31.9 Å². The number of hydrogen-bond donors (Lipinski definition) is 3. The molecular weight excluding hydrogens is 412 g/mol. The summed E-state index contributed by atoms with van der Waals surface area (Å²) >= 11 is 0. The summed E-state index contributed by atoms with van der Waals surface area (Å²) < 4.78 is 17.2. The second kappa shape index (κ2) is 10.6. The van der Waals surface area contributed by atoms with Crippen molar-refractivity contribution < 1.29 is 34.3 Å². The third kappa shape index (κ3) is 5.94. The molecule has 0 saturated heterocycles. The number of benzene rings is 2. The van der Waals surface area contributed by atoms with E-state index in [9.17, 15) is 20.1 Å².